The van der Waals surface area contributed by atoms with Gasteiger partial charge in [0.1, 0.15) is 5.69 Å². The number of ether oxygens (including phenoxy) is 1. The van der Waals surface area contributed by atoms with Gasteiger partial charge in [0, 0.05) is 51.1 Å². The van der Waals surface area contributed by atoms with Crippen molar-refractivity contribution in [2.24, 2.45) is 0 Å². The van der Waals surface area contributed by atoms with Crippen LogP contribution in [0, 0.1) is 5.82 Å². The normalized spacial score (nSPS) is 17.9. The maximum Gasteiger partial charge on any atom is 0.449 e. The molecular weight excluding hydrogens is 578 g/mol. The van der Waals surface area contributed by atoms with Crippen LogP contribution in [-0.2, 0) is 20.9 Å². The SMILES string of the molecule is CN1CCN(S(=O)(=O)c2ccc(Nc3ncc(F)c(-c4cnc(C(F)(F)F)n4C4CCOCC4)n3)cc2)CC1.Cl. The van der Waals surface area contributed by atoms with E-state index in [9.17, 15) is 26.0 Å². The molecule has 0 atom stereocenters. The van der Waals surface area contributed by atoms with Crippen molar-refractivity contribution in [3.05, 3.63) is 48.3 Å². The third kappa shape index (κ3) is 6.22. The van der Waals surface area contributed by atoms with Gasteiger partial charge in [-0.15, -0.1) is 12.4 Å². The summed E-state index contributed by atoms with van der Waals surface area (Å²) in [6, 6.07) is 5.33. The number of rotatable bonds is 6. The van der Waals surface area contributed by atoms with Crippen molar-refractivity contribution in [1.82, 2.24) is 28.7 Å². The molecule has 1 aromatic carbocycles. The van der Waals surface area contributed by atoms with Crippen LogP contribution < -0.4 is 5.32 Å². The molecular formula is C24H28ClF4N7O3S. The highest BCUT2D eigenvalue weighted by Crippen LogP contribution is 2.37. The molecule has 2 aliphatic heterocycles. The van der Waals surface area contributed by atoms with Crippen LogP contribution in [0.3, 0.4) is 0 Å². The minimum Gasteiger partial charge on any atom is -0.381 e. The summed E-state index contributed by atoms with van der Waals surface area (Å²) in [6.45, 7) is 2.62. The van der Waals surface area contributed by atoms with Crippen LogP contribution in [0.25, 0.3) is 11.4 Å². The number of hydrogen-bond donors (Lipinski definition) is 1. The minimum absolute atomic E-state index is 0. The molecule has 2 aliphatic rings. The van der Waals surface area contributed by atoms with Gasteiger partial charge in [-0.3, -0.25) is 0 Å². The van der Waals surface area contributed by atoms with E-state index < -0.39 is 33.9 Å². The topological polar surface area (TPSA) is 105 Å². The highest BCUT2D eigenvalue weighted by molar-refractivity contribution is 7.89. The maximum absolute atomic E-state index is 14.9. The monoisotopic (exact) mass is 605 g/mol. The second kappa shape index (κ2) is 11.9. The van der Waals surface area contributed by atoms with Crippen molar-refractivity contribution < 1.29 is 30.7 Å². The Morgan fingerprint density at radius 2 is 1.65 bits per heavy atom. The number of nitrogens with one attached hydrogen (secondary N) is 1. The van der Waals surface area contributed by atoms with Gasteiger partial charge in [-0.05, 0) is 44.2 Å². The second-order valence-corrected chi connectivity index (χ2v) is 11.4. The van der Waals surface area contributed by atoms with Crippen molar-refractivity contribution in [2.45, 2.75) is 30.0 Å². The third-order valence-electron chi connectivity index (χ3n) is 6.80. The average molecular weight is 606 g/mol. The van der Waals surface area contributed by atoms with E-state index in [0.29, 0.717) is 44.7 Å². The van der Waals surface area contributed by atoms with Gasteiger partial charge in [-0.2, -0.15) is 17.5 Å². The average Bonchev–Trinajstić information content (AvgIpc) is 3.37. The Hall–Kier alpha value is -2.85. The van der Waals surface area contributed by atoms with Gasteiger partial charge in [-0.25, -0.2) is 27.8 Å². The van der Waals surface area contributed by atoms with Gasteiger partial charge in [0.05, 0.1) is 23.0 Å². The molecule has 2 fully saturated rings. The standard InChI is InChI=1S/C24H27F4N7O3S.ClH/c1-33-8-10-34(11-9-33)39(36,37)18-4-2-16(3-5-18)31-23-30-14-19(25)21(32-23)20-15-29-22(24(26,27)28)35(20)17-6-12-38-13-7-17;/h2-5,14-15,17H,6-13H2,1H3,(H,30,31,32);1H. The van der Waals surface area contributed by atoms with Crippen LogP contribution in [0.4, 0.5) is 29.2 Å². The lowest BCUT2D eigenvalue weighted by molar-refractivity contribution is -0.148. The number of sulfonamides is 1. The fraction of sp³-hybridized carbons (Fsp3) is 0.458. The van der Waals surface area contributed by atoms with Crippen molar-refractivity contribution in [2.75, 3.05) is 51.8 Å². The fourth-order valence-corrected chi connectivity index (χ4v) is 6.10. The molecule has 10 nitrogen and oxygen atoms in total. The minimum atomic E-state index is -4.74. The summed E-state index contributed by atoms with van der Waals surface area (Å²) in [7, 11) is -1.73. The van der Waals surface area contributed by atoms with Crippen LogP contribution in [0.5, 0.6) is 0 Å². The number of benzene rings is 1. The van der Waals surface area contributed by atoms with Crippen molar-refractivity contribution in [3.8, 4) is 11.4 Å². The first-order chi connectivity index (χ1) is 18.5. The Labute approximate surface area is 234 Å². The van der Waals surface area contributed by atoms with E-state index in [-0.39, 0.29) is 47.9 Å². The smallest absolute Gasteiger partial charge is 0.381 e. The fourth-order valence-electron chi connectivity index (χ4n) is 4.68. The number of nitrogens with zero attached hydrogens (tertiary/aromatic N) is 6. The number of imidazole rings is 1. The molecule has 16 heteroatoms. The van der Waals surface area contributed by atoms with Crippen molar-refractivity contribution >= 4 is 34.1 Å². The second-order valence-electron chi connectivity index (χ2n) is 9.43. The van der Waals surface area contributed by atoms with E-state index in [4.69, 9.17) is 4.74 Å². The van der Waals surface area contributed by atoms with Crippen LogP contribution in [-0.4, -0.2) is 83.6 Å². The van der Waals surface area contributed by atoms with Crippen LogP contribution in [0.1, 0.15) is 24.7 Å². The molecule has 0 radical (unpaired) electrons. The summed E-state index contributed by atoms with van der Waals surface area (Å²) in [5.41, 5.74) is -0.0409. The zero-order valence-corrected chi connectivity index (χ0v) is 23.1. The van der Waals surface area contributed by atoms with Crippen LogP contribution in [0.15, 0.2) is 41.6 Å². The predicted octanol–water partition coefficient (Wildman–Crippen LogP) is 3.95. The summed E-state index contributed by atoms with van der Waals surface area (Å²) >= 11 is 0. The van der Waals surface area contributed by atoms with E-state index in [1.807, 2.05) is 7.05 Å². The number of aromatic nitrogens is 4. The molecule has 40 heavy (non-hydrogen) atoms. The first kappa shape index (κ1) is 30.1. The van der Waals surface area contributed by atoms with Crippen molar-refractivity contribution in [1.29, 1.82) is 0 Å². The molecule has 3 aromatic rings. The van der Waals surface area contributed by atoms with Crippen LogP contribution >= 0.6 is 12.4 Å². The summed E-state index contributed by atoms with van der Waals surface area (Å²) in [4.78, 5) is 13.8. The molecule has 0 bridgehead atoms. The van der Waals surface area contributed by atoms with Gasteiger partial charge >= 0.3 is 6.18 Å². The molecule has 0 unspecified atom stereocenters. The Balaban J connectivity index is 0.00000370. The highest BCUT2D eigenvalue weighted by atomic mass is 35.5. The van der Waals surface area contributed by atoms with E-state index in [1.165, 1.54) is 28.6 Å². The predicted molar refractivity (Wildman–Crippen MR) is 141 cm³/mol. The molecule has 0 amide bonds. The molecule has 4 heterocycles. The molecule has 0 saturated carbocycles. The molecule has 2 saturated heterocycles. The van der Waals surface area contributed by atoms with E-state index in [0.717, 1.165) is 17.0 Å². The first-order valence-corrected chi connectivity index (χ1v) is 13.8. The largest absolute Gasteiger partial charge is 0.449 e. The van der Waals surface area contributed by atoms with Crippen molar-refractivity contribution in [3.63, 3.8) is 0 Å². The molecule has 0 aliphatic carbocycles. The van der Waals surface area contributed by atoms with Gasteiger partial charge in [-0.1, -0.05) is 0 Å². The zero-order valence-electron chi connectivity index (χ0n) is 21.4. The summed E-state index contributed by atoms with van der Waals surface area (Å²) < 4.78 is 89.7. The Morgan fingerprint density at radius 3 is 2.27 bits per heavy atom. The first-order valence-electron chi connectivity index (χ1n) is 12.3. The van der Waals surface area contributed by atoms with Crippen LogP contribution in [0.2, 0.25) is 0 Å². The number of hydrogen-bond acceptors (Lipinski definition) is 8. The summed E-state index contributed by atoms with van der Waals surface area (Å²) in [5, 5.41) is 2.87. The maximum atomic E-state index is 14.9. The Morgan fingerprint density at radius 1 is 1.00 bits per heavy atom. The number of anilines is 2. The molecule has 5 rings (SSSR count). The van der Waals surface area contributed by atoms with Gasteiger partial charge in [0.25, 0.3) is 0 Å². The quantitative estimate of drug-likeness (QED) is 0.421. The highest BCUT2D eigenvalue weighted by Gasteiger charge is 2.40. The van der Waals surface area contributed by atoms with E-state index in [2.05, 4.69) is 25.2 Å². The third-order valence-corrected chi connectivity index (χ3v) is 8.72. The number of halogens is 5. The Kier molecular flexibility index (Phi) is 8.99. The number of likely N-dealkylation sites (N-methyl/N-ethyl adjacent to an activating group) is 1. The summed E-state index contributed by atoms with van der Waals surface area (Å²) in [6.07, 6.45) is -2.29. The lowest BCUT2D eigenvalue weighted by Gasteiger charge is -2.31. The molecule has 0 spiro atoms. The lowest BCUT2D eigenvalue weighted by Crippen LogP contribution is -2.46. The number of piperazine rings is 1. The lowest BCUT2D eigenvalue weighted by atomic mass is 10.1. The molecule has 218 valence electrons. The summed E-state index contributed by atoms with van der Waals surface area (Å²) in [5.74, 6) is -2.11. The van der Waals surface area contributed by atoms with E-state index >= 15 is 0 Å². The zero-order chi connectivity index (χ0) is 27.8. The van der Waals surface area contributed by atoms with Gasteiger partial charge in [0.15, 0.2) is 5.82 Å². The molecule has 1 N–H and O–H groups in total. The van der Waals surface area contributed by atoms with Gasteiger partial charge < -0.3 is 19.5 Å². The Bertz CT molecular complexity index is 1420. The molecule has 2 aromatic heterocycles. The number of alkyl halides is 3. The van der Waals surface area contributed by atoms with Gasteiger partial charge in [0.2, 0.25) is 21.8 Å². The van der Waals surface area contributed by atoms with E-state index in [1.54, 1.807) is 0 Å².